The average molecular weight is 287 g/mol. The Morgan fingerprint density at radius 1 is 1.30 bits per heavy atom. The van der Waals surface area contributed by atoms with Gasteiger partial charge in [-0.25, -0.2) is 13.6 Å². The smallest absolute Gasteiger partial charge is 0.340 e. The number of esters is 1. The number of aliphatic hydroxyl groups excluding tert-OH is 1. The highest BCUT2D eigenvalue weighted by Gasteiger charge is 2.28. The van der Waals surface area contributed by atoms with Crippen LogP contribution in [0.3, 0.4) is 0 Å². The van der Waals surface area contributed by atoms with Crippen LogP contribution in [-0.2, 0) is 4.74 Å². The van der Waals surface area contributed by atoms with Crippen LogP contribution in [0.5, 0.6) is 0 Å². The maximum Gasteiger partial charge on any atom is 0.340 e. The van der Waals surface area contributed by atoms with E-state index in [0.29, 0.717) is 12.8 Å². The maximum atomic E-state index is 14.0. The molecule has 0 amide bonds. The van der Waals surface area contributed by atoms with Gasteiger partial charge in [0.25, 0.3) is 0 Å². The van der Waals surface area contributed by atoms with E-state index >= 15 is 0 Å². The molecule has 1 aromatic rings. The number of nitrogens with one attached hydrogen (secondary N) is 1. The van der Waals surface area contributed by atoms with Gasteiger partial charge in [0.15, 0.2) is 11.6 Å². The first-order valence-electron chi connectivity index (χ1n) is 6.40. The third-order valence-corrected chi connectivity index (χ3v) is 3.54. The lowest BCUT2D eigenvalue weighted by atomic mass is 9.93. The Balaban J connectivity index is 3.16. The van der Waals surface area contributed by atoms with Crippen molar-refractivity contribution in [3.63, 3.8) is 0 Å². The Labute approximate surface area is 116 Å². The Morgan fingerprint density at radius 3 is 2.35 bits per heavy atom. The van der Waals surface area contributed by atoms with Gasteiger partial charge in [-0.1, -0.05) is 13.8 Å². The van der Waals surface area contributed by atoms with Gasteiger partial charge >= 0.3 is 5.97 Å². The monoisotopic (exact) mass is 287 g/mol. The van der Waals surface area contributed by atoms with E-state index in [2.05, 4.69) is 10.1 Å². The average Bonchev–Trinajstić information content (AvgIpc) is 2.48. The van der Waals surface area contributed by atoms with E-state index in [1.54, 1.807) is 0 Å². The fourth-order valence-corrected chi connectivity index (χ4v) is 1.89. The maximum absolute atomic E-state index is 14.0. The van der Waals surface area contributed by atoms with E-state index in [-0.39, 0.29) is 12.3 Å². The van der Waals surface area contributed by atoms with E-state index < -0.39 is 28.7 Å². The Bertz CT molecular complexity index is 479. The minimum atomic E-state index is -1.26. The molecule has 2 N–H and O–H groups in total. The van der Waals surface area contributed by atoms with E-state index in [1.807, 2.05) is 13.8 Å². The van der Waals surface area contributed by atoms with E-state index in [9.17, 15) is 18.7 Å². The summed E-state index contributed by atoms with van der Waals surface area (Å²) >= 11 is 0. The van der Waals surface area contributed by atoms with Crippen LogP contribution in [0, 0.1) is 11.6 Å². The zero-order chi connectivity index (χ0) is 15.3. The van der Waals surface area contributed by atoms with Crippen molar-refractivity contribution in [3.8, 4) is 0 Å². The molecule has 0 heterocycles. The quantitative estimate of drug-likeness (QED) is 0.790. The first-order chi connectivity index (χ1) is 9.44. The molecule has 0 bridgehead atoms. The molecule has 0 saturated heterocycles. The van der Waals surface area contributed by atoms with Gasteiger partial charge in [-0.05, 0) is 25.0 Å². The fraction of sp³-hybridized carbons (Fsp3) is 0.500. The summed E-state index contributed by atoms with van der Waals surface area (Å²) in [6, 6.07) is 2.42. The molecule has 0 atom stereocenters. The van der Waals surface area contributed by atoms with Crippen molar-refractivity contribution in [1.82, 2.24) is 0 Å². The Morgan fingerprint density at radius 2 is 1.90 bits per heavy atom. The van der Waals surface area contributed by atoms with Crippen LogP contribution in [0.4, 0.5) is 14.5 Å². The number of carbonyl (C=O) groups is 1. The minimum Gasteiger partial charge on any atom is -0.465 e. The highest BCUT2D eigenvalue weighted by Crippen LogP contribution is 2.27. The summed E-state index contributed by atoms with van der Waals surface area (Å²) in [5.41, 5.74) is -1.27. The summed E-state index contributed by atoms with van der Waals surface area (Å²) in [6.07, 6.45) is 1.08. The molecule has 4 nitrogen and oxygen atoms in total. The number of rotatable bonds is 6. The van der Waals surface area contributed by atoms with Crippen molar-refractivity contribution in [2.24, 2.45) is 0 Å². The van der Waals surface area contributed by atoms with Gasteiger partial charge in [-0.15, -0.1) is 0 Å². The number of ether oxygens (including phenoxy) is 1. The minimum absolute atomic E-state index is 0.0899. The van der Waals surface area contributed by atoms with Gasteiger partial charge in [0.1, 0.15) is 0 Å². The van der Waals surface area contributed by atoms with Crippen LogP contribution in [0.2, 0.25) is 0 Å². The van der Waals surface area contributed by atoms with Crippen LogP contribution in [0.15, 0.2) is 12.1 Å². The molecule has 0 saturated carbocycles. The van der Waals surface area contributed by atoms with Crippen LogP contribution in [-0.4, -0.2) is 30.3 Å². The predicted octanol–water partition coefficient (Wildman–Crippen LogP) is 2.71. The molecular formula is C14H19F2NO3. The lowest BCUT2D eigenvalue weighted by molar-refractivity contribution is 0.0594. The molecular weight excluding hydrogens is 268 g/mol. The first-order valence-corrected chi connectivity index (χ1v) is 6.40. The van der Waals surface area contributed by atoms with Gasteiger partial charge in [-0.2, -0.15) is 0 Å². The molecule has 0 spiro atoms. The normalized spacial score (nSPS) is 11.3. The number of anilines is 1. The van der Waals surface area contributed by atoms with Gasteiger partial charge in [0, 0.05) is 0 Å². The lowest BCUT2D eigenvalue weighted by Crippen LogP contribution is -2.41. The van der Waals surface area contributed by atoms with E-state index in [1.165, 1.54) is 6.07 Å². The molecule has 6 heteroatoms. The summed E-state index contributed by atoms with van der Waals surface area (Å²) in [4.78, 5) is 11.3. The molecule has 0 fully saturated rings. The third-order valence-electron chi connectivity index (χ3n) is 3.54. The molecule has 20 heavy (non-hydrogen) atoms. The van der Waals surface area contributed by atoms with Gasteiger partial charge < -0.3 is 15.2 Å². The van der Waals surface area contributed by atoms with E-state index in [0.717, 1.165) is 13.2 Å². The highest BCUT2D eigenvalue weighted by molar-refractivity contribution is 5.90. The van der Waals surface area contributed by atoms with Crippen LogP contribution >= 0.6 is 0 Å². The van der Waals surface area contributed by atoms with Crippen molar-refractivity contribution in [3.05, 3.63) is 29.3 Å². The summed E-state index contributed by atoms with van der Waals surface area (Å²) in [5, 5.41) is 12.2. The number of halogens is 2. The number of benzene rings is 1. The first kappa shape index (κ1) is 16.4. The largest absolute Gasteiger partial charge is 0.465 e. The van der Waals surface area contributed by atoms with Crippen LogP contribution < -0.4 is 5.32 Å². The standard InChI is InChI=1S/C14H19F2NO3/c1-4-14(5-2,8-18)17-10-7-6-9(13(19)20-3)11(15)12(10)16/h6-7,17-18H,4-5,8H2,1-3H3. The molecule has 0 aliphatic rings. The van der Waals surface area contributed by atoms with Crippen molar-refractivity contribution in [2.75, 3.05) is 19.0 Å². The summed E-state index contributed by atoms with van der Waals surface area (Å²) in [6.45, 7) is 3.47. The Hall–Kier alpha value is -1.69. The zero-order valence-electron chi connectivity index (χ0n) is 11.8. The molecule has 0 aliphatic heterocycles. The van der Waals surface area contributed by atoms with Crippen molar-refractivity contribution in [1.29, 1.82) is 0 Å². The summed E-state index contributed by atoms with van der Waals surface area (Å²) < 4.78 is 32.1. The fourth-order valence-electron chi connectivity index (χ4n) is 1.89. The molecule has 112 valence electrons. The Kier molecular flexibility index (Phi) is 5.44. The highest BCUT2D eigenvalue weighted by atomic mass is 19.2. The predicted molar refractivity (Wildman–Crippen MR) is 71.7 cm³/mol. The number of hydrogen-bond acceptors (Lipinski definition) is 4. The van der Waals surface area contributed by atoms with Crippen LogP contribution in [0.1, 0.15) is 37.0 Å². The molecule has 1 aromatic carbocycles. The molecule has 0 unspecified atom stereocenters. The van der Waals surface area contributed by atoms with Crippen molar-refractivity contribution < 1.29 is 23.4 Å². The molecule has 0 aromatic heterocycles. The second-order valence-corrected chi connectivity index (χ2v) is 4.55. The van der Waals surface area contributed by atoms with Gasteiger partial charge in [0.2, 0.25) is 0 Å². The number of hydrogen-bond donors (Lipinski definition) is 2. The number of carbonyl (C=O) groups excluding carboxylic acids is 1. The van der Waals surface area contributed by atoms with Crippen LogP contribution in [0.25, 0.3) is 0 Å². The summed E-state index contributed by atoms with van der Waals surface area (Å²) in [5.74, 6) is -3.36. The number of aliphatic hydroxyl groups is 1. The molecule has 0 radical (unpaired) electrons. The number of methoxy groups -OCH3 is 1. The SMILES string of the molecule is CCC(CC)(CO)Nc1ccc(C(=O)OC)c(F)c1F. The van der Waals surface area contributed by atoms with E-state index in [4.69, 9.17) is 0 Å². The topological polar surface area (TPSA) is 58.6 Å². The van der Waals surface area contributed by atoms with Crippen molar-refractivity contribution >= 4 is 11.7 Å². The second kappa shape index (κ2) is 6.65. The third kappa shape index (κ3) is 3.07. The van der Waals surface area contributed by atoms with Gasteiger partial charge in [-0.3, -0.25) is 0 Å². The second-order valence-electron chi connectivity index (χ2n) is 4.55. The zero-order valence-corrected chi connectivity index (χ0v) is 11.8. The van der Waals surface area contributed by atoms with Gasteiger partial charge in [0.05, 0.1) is 30.5 Å². The van der Waals surface area contributed by atoms with Crippen molar-refractivity contribution in [2.45, 2.75) is 32.2 Å². The molecule has 1 rings (SSSR count). The molecule has 0 aliphatic carbocycles. The lowest BCUT2D eigenvalue weighted by Gasteiger charge is -2.32. The summed E-state index contributed by atoms with van der Waals surface area (Å²) in [7, 11) is 1.09.